The van der Waals surface area contributed by atoms with Gasteiger partial charge in [0.15, 0.2) is 0 Å². The minimum atomic E-state index is -0.833. The fraction of sp³-hybridized carbons (Fsp3) is 0.333. The van der Waals surface area contributed by atoms with Crippen LogP contribution in [0, 0.1) is 0 Å². The second-order valence-electron chi connectivity index (χ2n) is 5.82. The van der Waals surface area contributed by atoms with Crippen LogP contribution in [0.1, 0.15) is 5.56 Å². The van der Waals surface area contributed by atoms with Crippen LogP contribution in [0.15, 0.2) is 48.5 Å². The molecule has 0 spiro atoms. The number of benzene rings is 2. The summed E-state index contributed by atoms with van der Waals surface area (Å²) in [6.07, 6.45) is -0.131. The van der Waals surface area contributed by atoms with Gasteiger partial charge in [0.2, 0.25) is 0 Å². The van der Waals surface area contributed by atoms with E-state index in [1.54, 1.807) is 18.2 Å². The summed E-state index contributed by atoms with van der Waals surface area (Å²) in [5.74, 6) is 0.831. The standard InChI is InChI=1S/C18H21NO4/c20-12-15(22)10-19-11-16(8-13-4-2-1-3-5-13)23-18-7-6-14(21)9-17(18)19/h1-7,9,15-16,20-22H,8,10-12H2. The number of anilines is 1. The minimum absolute atomic E-state index is 0.0552. The molecule has 0 amide bonds. The molecule has 3 rings (SSSR count). The minimum Gasteiger partial charge on any atom is -0.508 e. The van der Waals surface area contributed by atoms with Gasteiger partial charge in [-0.2, -0.15) is 0 Å². The van der Waals surface area contributed by atoms with E-state index in [0.29, 0.717) is 18.8 Å². The molecule has 1 heterocycles. The van der Waals surface area contributed by atoms with Crippen molar-refractivity contribution in [1.82, 2.24) is 0 Å². The lowest BCUT2D eigenvalue weighted by Gasteiger charge is -2.37. The van der Waals surface area contributed by atoms with Crippen molar-refractivity contribution in [3.8, 4) is 11.5 Å². The molecular weight excluding hydrogens is 294 g/mol. The number of aliphatic hydroxyl groups excluding tert-OH is 2. The zero-order valence-corrected chi connectivity index (χ0v) is 12.8. The first-order valence-electron chi connectivity index (χ1n) is 7.73. The highest BCUT2D eigenvalue weighted by atomic mass is 16.5. The molecule has 2 aromatic rings. The van der Waals surface area contributed by atoms with E-state index in [4.69, 9.17) is 9.84 Å². The van der Waals surface area contributed by atoms with Gasteiger partial charge in [0, 0.05) is 19.0 Å². The van der Waals surface area contributed by atoms with E-state index in [1.807, 2.05) is 23.1 Å². The monoisotopic (exact) mass is 315 g/mol. The van der Waals surface area contributed by atoms with Gasteiger partial charge < -0.3 is 25.0 Å². The molecule has 5 heteroatoms. The Morgan fingerprint density at radius 1 is 1.17 bits per heavy atom. The third-order valence-electron chi connectivity index (χ3n) is 3.95. The molecule has 0 radical (unpaired) electrons. The fourth-order valence-electron chi connectivity index (χ4n) is 2.88. The van der Waals surface area contributed by atoms with E-state index in [2.05, 4.69) is 12.1 Å². The average Bonchev–Trinajstić information content (AvgIpc) is 2.56. The van der Waals surface area contributed by atoms with Crippen molar-refractivity contribution in [2.75, 3.05) is 24.6 Å². The third kappa shape index (κ3) is 3.75. The molecule has 1 aliphatic rings. The summed E-state index contributed by atoms with van der Waals surface area (Å²) in [7, 11) is 0. The number of hydrogen-bond donors (Lipinski definition) is 3. The second kappa shape index (κ2) is 6.89. The van der Waals surface area contributed by atoms with Crippen molar-refractivity contribution in [2.24, 2.45) is 0 Å². The van der Waals surface area contributed by atoms with Gasteiger partial charge in [-0.3, -0.25) is 0 Å². The van der Waals surface area contributed by atoms with E-state index in [0.717, 1.165) is 12.1 Å². The molecule has 0 bridgehead atoms. The number of aromatic hydroxyl groups is 1. The summed E-state index contributed by atoms with van der Waals surface area (Å²) in [5.41, 5.74) is 1.92. The summed E-state index contributed by atoms with van der Waals surface area (Å²) in [6.45, 7) is 0.582. The highest BCUT2D eigenvalue weighted by Gasteiger charge is 2.27. The molecule has 23 heavy (non-hydrogen) atoms. The molecule has 0 aromatic heterocycles. The van der Waals surface area contributed by atoms with Crippen LogP contribution in [-0.4, -0.2) is 47.2 Å². The topological polar surface area (TPSA) is 73.2 Å². The Balaban J connectivity index is 1.82. The largest absolute Gasteiger partial charge is 0.508 e. The summed E-state index contributed by atoms with van der Waals surface area (Å²) < 4.78 is 6.04. The van der Waals surface area contributed by atoms with Gasteiger partial charge in [-0.1, -0.05) is 30.3 Å². The Bertz CT molecular complexity index is 647. The molecular formula is C18H21NO4. The average molecular weight is 315 g/mol. The summed E-state index contributed by atoms with van der Waals surface area (Å²) in [5, 5.41) is 28.6. The van der Waals surface area contributed by atoms with Crippen molar-refractivity contribution in [2.45, 2.75) is 18.6 Å². The Labute approximate surface area is 135 Å². The van der Waals surface area contributed by atoms with E-state index < -0.39 is 6.10 Å². The van der Waals surface area contributed by atoms with Gasteiger partial charge in [0.05, 0.1) is 24.9 Å². The van der Waals surface area contributed by atoms with Crippen molar-refractivity contribution in [3.63, 3.8) is 0 Å². The molecule has 2 atom stereocenters. The van der Waals surface area contributed by atoms with Crippen LogP contribution in [0.4, 0.5) is 5.69 Å². The van der Waals surface area contributed by atoms with Gasteiger partial charge in [0.1, 0.15) is 17.6 Å². The third-order valence-corrected chi connectivity index (χ3v) is 3.95. The Morgan fingerprint density at radius 2 is 1.96 bits per heavy atom. The van der Waals surface area contributed by atoms with Crippen molar-refractivity contribution in [1.29, 1.82) is 0 Å². The van der Waals surface area contributed by atoms with E-state index in [1.165, 1.54) is 5.56 Å². The first-order valence-corrected chi connectivity index (χ1v) is 7.73. The number of ether oxygens (including phenoxy) is 1. The lowest BCUT2D eigenvalue weighted by Crippen LogP contribution is -2.45. The molecule has 122 valence electrons. The van der Waals surface area contributed by atoms with Gasteiger partial charge in [0.25, 0.3) is 0 Å². The molecule has 0 saturated carbocycles. The normalized spacial score (nSPS) is 18.2. The number of β-amino-alcohol motifs (C(OH)–C–C–N with tert-alkyl or cyclic N) is 1. The lowest BCUT2D eigenvalue weighted by molar-refractivity contribution is 0.0953. The van der Waals surface area contributed by atoms with Crippen LogP contribution < -0.4 is 9.64 Å². The highest BCUT2D eigenvalue weighted by Crippen LogP contribution is 2.36. The number of rotatable bonds is 5. The van der Waals surface area contributed by atoms with Crippen molar-refractivity contribution >= 4 is 5.69 Å². The van der Waals surface area contributed by atoms with Crippen LogP contribution in [0.5, 0.6) is 11.5 Å². The fourth-order valence-corrected chi connectivity index (χ4v) is 2.88. The van der Waals surface area contributed by atoms with Gasteiger partial charge in [-0.15, -0.1) is 0 Å². The first-order chi connectivity index (χ1) is 11.2. The predicted octanol–water partition coefficient (Wildman–Crippen LogP) is 1.56. The Morgan fingerprint density at radius 3 is 2.70 bits per heavy atom. The zero-order valence-electron chi connectivity index (χ0n) is 12.8. The predicted molar refractivity (Wildman–Crippen MR) is 88.0 cm³/mol. The lowest BCUT2D eigenvalue weighted by atomic mass is 10.0. The molecule has 2 unspecified atom stereocenters. The second-order valence-corrected chi connectivity index (χ2v) is 5.82. The van der Waals surface area contributed by atoms with Crippen molar-refractivity contribution < 1.29 is 20.1 Å². The maximum absolute atomic E-state index is 9.79. The molecule has 5 nitrogen and oxygen atoms in total. The molecule has 1 aliphatic heterocycles. The molecule has 0 fully saturated rings. The van der Waals surface area contributed by atoms with Crippen LogP contribution in [-0.2, 0) is 6.42 Å². The maximum Gasteiger partial charge on any atom is 0.143 e. The van der Waals surface area contributed by atoms with Crippen LogP contribution in [0.3, 0.4) is 0 Å². The van der Waals surface area contributed by atoms with E-state index in [-0.39, 0.29) is 18.5 Å². The number of hydrogen-bond acceptors (Lipinski definition) is 5. The molecule has 0 saturated heterocycles. The molecule has 2 aromatic carbocycles. The summed E-state index contributed by atoms with van der Waals surface area (Å²) >= 11 is 0. The summed E-state index contributed by atoms with van der Waals surface area (Å²) in [4.78, 5) is 1.95. The molecule has 0 aliphatic carbocycles. The quantitative estimate of drug-likeness (QED) is 0.781. The highest BCUT2D eigenvalue weighted by molar-refractivity contribution is 5.63. The molecule has 3 N–H and O–H groups in total. The number of phenolic OH excluding ortho intramolecular Hbond substituents is 1. The number of fused-ring (bicyclic) bond motifs is 1. The van der Waals surface area contributed by atoms with Crippen LogP contribution >= 0.6 is 0 Å². The maximum atomic E-state index is 9.79. The number of phenols is 1. The number of nitrogens with zero attached hydrogens (tertiary/aromatic N) is 1. The first kappa shape index (κ1) is 15.6. The zero-order chi connectivity index (χ0) is 16.2. The van der Waals surface area contributed by atoms with Crippen molar-refractivity contribution in [3.05, 3.63) is 54.1 Å². The van der Waals surface area contributed by atoms with Gasteiger partial charge >= 0.3 is 0 Å². The smallest absolute Gasteiger partial charge is 0.143 e. The van der Waals surface area contributed by atoms with E-state index >= 15 is 0 Å². The van der Waals surface area contributed by atoms with Gasteiger partial charge in [-0.05, 0) is 17.7 Å². The Hall–Kier alpha value is -2.24. The SMILES string of the molecule is OCC(O)CN1CC(Cc2ccccc2)Oc2ccc(O)cc21. The number of aliphatic hydroxyl groups is 2. The van der Waals surface area contributed by atoms with Crippen LogP contribution in [0.25, 0.3) is 0 Å². The Kier molecular flexibility index (Phi) is 4.69. The van der Waals surface area contributed by atoms with Gasteiger partial charge in [-0.25, -0.2) is 0 Å². The summed E-state index contributed by atoms with van der Waals surface area (Å²) in [6, 6.07) is 15.0. The van der Waals surface area contributed by atoms with E-state index in [9.17, 15) is 10.2 Å². The van der Waals surface area contributed by atoms with Crippen LogP contribution in [0.2, 0.25) is 0 Å².